The molecule has 2 amide bonds. The third-order valence-electron chi connectivity index (χ3n) is 5.29. The van der Waals surface area contributed by atoms with E-state index in [0.717, 1.165) is 17.1 Å². The lowest BCUT2D eigenvalue weighted by Gasteiger charge is -2.14. The van der Waals surface area contributed by atoms with Crippen LogP contribution < -0.4 is 15.4 Å². The van der Waals surface area contributed by atoms with E-state index in [1.54, 1.807) is 42.1 Å². The van der Waals surface area contributed by atoms with E-state index in [9.17, 15) is 14.0 Å². The summed E-state index contributed by atoms with van der Waals surface area (Å²) in [6, 6.07) is 12.1. The molecule has 0 aliphatic carbocycles. The zero-order valence-corrected chi connectivity index (χ0v) is 19.2. The Labute approximate surface area is 195 Å². The molecular weight excluding hydrogens is 437 g/mol. The number of carbonyl (C=O) groups is 2. The average molecular weight is 461 g/mol. The molecule has 0 radical (unpaired) electrons. The summed E-state index contributed by atoms with van der Waals surface area (Å²) < 4.78 is 20.6. The van der Waals surface area contributed by atoms with Crippen LogP contribution in [0.25, 0.3) is 11.0 Å². The molecule has 2 aromatic heterocycles. The lowest BCUT2D eigenvalue weighted by Crippen LogP contribution is -2.16. The lowest BCUT2D eigenvalue weighted by molar-refractivity contribution is 0.101. The Balaban J connectivity index is 1.59. The number of ether oxygens (including phenoxy) is 1. The van der Waals surface area contributed by atoms with Crippen molar-refractivity contribution in [2.45, 2.75) is 26.8 Å². The van der Waals surface area contributed by atoms with E-state index in [1.807, 2.05) is 13.8 Å². The summed E-state index contributed by atoms with van der Waals surface area (Å²) in [4.78, 5) is 30.2. The minimum absolute atomic E-state index is 0.143. The van der Waals surface area contributed by atoms with E-state index < -0.39 is 11.7 Å². The highest BCUT2D eigenvalue weighted by atomic mass is 19.1. The van der Waals surface area contributed by atoms with Crippen molar-refractivity contribution in [2.75, 3.05) is 17.7 Å². The number of nitrogens with one attached hydrogen (secondary N) is 2. The van der Waals surface area contributed by atoms with Gasteiger partial charge in [-0.1, -0.05) is 6.07 Å². The Bertz CT molecular complexity index is 1400. The third-order valence-corrected chi connectivity index (χ3v) is 5.29. The molecular formula is C25H24FN5O3. The number of amides is 2. The fourth-order valence-corrected chi connectivity index (χ4v) is 3.58. The van der Waals surface area contributed by atoms with Gasteiger partial charge in [0.25, 0.3) is 11.8 Å². The van der Waals surface area contributed by atoms with Gasteiger partial charge < -0.3 is 15.4 Å². The van der Waals surface area contributed by atoms with Crippen molar-refractivity contribution in [3.63, 3.8) is 0 Å². The Kier molecular flexibility index (Phi) is 6.27. The molecule has 9 heteroatoms. The summed E-state index contributed by atoms with van der Waals surface area (Å²) in [6.07, 6.45) is 1.69. The Morgan fingerprint density at radius 1 is 1.06 bits per heavy atom. The number of hydrogen-bond donors (Lipinski definition) is 2. The molecule has 174 valence electrons. The number of fused-ring (bicyclic) bond motifs is 1. The maximum atomic E-state index is 13.5. The standard InChI is InChI=1S/C25H24FN5O3/c1-14(2)31-23-17(13-27-31)11-20(15(3)28-23)25(33)29-19-8-9-22(34-4)21(12-19)30-24(32)16-6-5-7-18(26)10-16/h5-14H,1-4H3,(H,29,33)(H,30,32). The first-order valence-corrected chi connectivity index (χ1v) is 10.7. The Morgan fingerprint density at radius 3 is 2.56 bits per heavy atom. The van der Waals surface area contributed by atoms with Crippen LogP contribution in [-0.2, 0) is 0 Å². The van der Waals surface area contributed by atoms with Gasteiger partial charge in [0.2, 0.25) is 0 Å². The lowest BCUT2D eigenvalue weighted by atomic mass is 10.1. The summed E-state index contributed by atoms with van der Waals surface area (Å²) >= 11 is 0. The van der Waals surface area contributed by atoms with E-state index in [4.69, 9.17) is 4.74 Å². The number of halogens is 1. The number of carbonyl (C=O) groups excluding carboxylic acids is 2. The SMILES string of the molecule is COc1ccc(NC(=O)c2cc3cnn(C(C)C)c3nc2C)cc1NC(=O)c1cccc(F)c1. The number of anilines is 2. The molecule has 2 aromatic carbocycles. The maximum absolute atomic E-state index is 13.5. The van der Waals surface area contributed by atoms with Crippen molar-refractivity contribution < 1.29 is 18.7 Å². The topological polar surface area (TPSA) is 98.1 Å². The molecule has 0 aliphatic heterocycles. The van der Waals surface area contributed by atoms with Crippen LogP contribution in [0.15, 0.2) is 54.7 Å². The van der Waals surface area contributed by atoms with Gasteiger partial charge >= 0.3 is 0 Å². The van der Waals surface area contributed by atoms with E-state index >= 15 is 0 Å². The van der Waals surface area contributed by atoms with Gasteiger partial charge in [-0.3, -0.25) is 9.59 Å². The average Bonchev–Trinajstić information content (AvgIpc) is 3.21. The molecule has 0 fully saturated rings. The van der Waals surface area contributed by atoms with Crippen LogP contribution in [0.3, 0.4) is 0 Å². The zero-order chi connectivity index (χ0) is 24.4. The molecule has 0 spiro atoms. The number of pyridine rings is 1. The van der Waals surface area contributed by atoms with E-state index in [1.165, 1.54) is 25.3 Å². The van der Waals surface area contributed by atoms with Gasteiger partial charge in [-0.25, -0.2) is 14.1 Å². The molecule has 2 N–H and O–H groups in total. The van der Waals surface area contributed by atoms with Crippen molar-refractivity contribution in [1.82, 2.24) is 14.8 Å². The van der Waals surface area contributed by atoms with Crippen LogP contribution >= 0.6 is 0 Å². The molecule has 0 unspecified atom stereocenters. The smallest absolute Gasteiger partial charge is 0.257 e. The van der Waals surface area contributed by atoms with Gasteiger partial charge in [-0.2, -0.15) is 5.10 Å². The number of aromatic nitrogens is 3. The van der Waals surface area contributed by atoms with Gasteiger partial charge in [0, 0.05) is 22.7 Å². The fraction of sp³-hybridized carbons (Fsp3) is 0.200. The first-order valence-electron chi connectivity index (χ1n) is 10.7. The zero-order valence-electron chi connectivity index (χ0n) is 19.2. The summed E-state index contributed by atoms with van der Waals surface area (Å²) in [5.41, 5.74) is 2.64. The molecule has 0 saturated heterocycles. The number of aryl methyl sites for hydroxylation is 1. The molecule has 2 heterocycles. The fourth-order valence-electron chi connectivity index (χ4n) is 3.58. The van der Waals surface area contributed by atoms with Crippen molar-refractivity contribution >= 4 is 34.2 Å². The third kappa shape index (κ3) is 4.59. The van der Waals surface area contributed by atoms with Crippen LogP contribution in [0.2, 0.25) is 0 Å². The second kappa shape index (κ2) is 9.30. The minimum Gasteiger partial charge on any atom is -0.495 e. The number of hydrogen-bond acceptors (Lipinski definition) is 5. The highest BCUT2D eigenvalue weighted by Gasteiger charge is 2.17. The van der Waals surface area contributed by atoms with Gasteiger partial charge in [-0.15, -0.1) is 0 Å². The summed E-state index contributed by atoms with van der Waals surface area (Å²) in [7, 11) is 1.47. The molecule has 34 heavy (non-hydrogen) atoms. The van der Waals surface area contributed by atoms with Gasteiger partial charge in [0.15, 0.2) is 5.65 Å². The first-order chi connectivity index (χ1) is 16.3. The summed E-state index contributed by atoms with van der Waals surface area (Å²) in [6.45, 7) is 5.79. The van der Waals surface area contributed by atoms with Crippen molar-refractivity contribution in [1.29, 1.82) is 0 Å². The van der Waals surface area contributed by atoms with Crippen LogP contribution in [0, 0.1) is 12.7 Å². The normalized spacial score (nSPS) is 11.0. The minimum atomic E-state index is -0.513. The van der Waals surface area contributed by atoms with E-state index in [2.05, 4.69) is 20.7 Å². The monoisotopic (exact) mass is 461 g/mol. The highest BCUT2D eigenvalue weighted by molar-refractivity contribution is 6.08. The van der Waals surface area contributed by atoms with Crippen LogP contribution in [0.4, 0.5) is 15.8 Å². The second-order valence-corrected chi connectivity index (χ2v) is 8.05. The molecule has 4 aromatic rings. The number of methoxy groups -OCH3 is 1. The van der Waals surface area contributed by atoms with Crippen molar-refractivity contribution in [2.24, 2.45) is 0 Å². The highest BCUT2D eigenvalue weighted by Crippen LogP contribution is 2.29. The summed E-state index contributed by atoms with van der Waals surface area (Å²) in [5.74, 6) is -0.977. The van der Waals surface area contributed by atoms with Gasteiger partial charge in [0.1, 0.15) is 11.6 Å². The predicted octanol–water partition coefficient (Wildman–Crippen LogP) is 4.97. The number of rotatable bonds is 6. The quantitative estimate of drug-likeness (QED) is 0.422. The molecule has 0 aliphatic rings. The summed E-state index contributed by atoms with van der Waals surface area (Å²) in [5, 5.41) is 10.7. The van der Waals surface area contributed by atoms with Crippen molar-refractivity contribution in [3.05, 3.63) is 77.4 Å². The van der Waals surface area contributed by atoms with Crippen LogP contribution in [0.5, 0.6) is 5.75 Å². The number of benzene rings is 2. The first kappa shape index (κ1) is 22.9. The number of nitrogens with zero attached hydrogens (tertiary/aromatic N) is 3. The van der Waals surface area contributed by atoms with Crippen molar-refractivity contribution in [3.8, 4) is 5.75 Å². The predicted molar refractivity (Wildman–Crippen MR) is 128 cm³/mol. The van der Waals surface area contributed by atoms with Crippen LogP contribution in [0.1, 0.15) is 46.3 Å². The molecule has 4 rings (SSSR count). The van der Waals surface area contributed by atoms with E-state index in [-0.39, 0.29) is 17.5 Å². The Morgan fingerprint density at radius 2 is 1.85 bits per heavy atom. The van der Waals surface area contributed by atoms with E-state index in [0.29, 0.717) is 28.4 Å². The van der Waals surface area contributed by atoms with Gasteiger partial charge in [-0.05, 0) is 63.2 Å². The molecule has 0 bridgehead atoms. The maximum Gasteiger partial charge on any atom is 0.257 e. The molecule has 0 atom stereocenters. The largest absolute Gasteiger partial charge is 0.495 e. The Hall–Kier alpha value is -4.27. The van der Waals surface area contributed by atoms with Crippen LogP contribution in [-0.4, -0.2) is 33.7 Å². The molecule has 8 nitrogen and oxygen atoms in total. The van der Waals surface area contributed by atoms with Gasteiger partial charge in [0.05, 0.1) is 30.3 Å². The molecule has 0 saturated carbocycles. The second-order valence-electron chi connectivity index (χ2n) is 8.05.